The Hall–Kier alpha value is -1.92. The first-order valence-corrected chi connectivity index (χ1v) is 9.57. The van der Waals surface area contributed by atoms with Crippen molar-refractivity contribution in [2.75, 3.05) is 11.5 Å². The first-order valence-electron chi connectivity index (χ1n) is 7.47. The van der Waals surface area contributed by atoms with Crippen LogP contribution in [0.5, 0.6) is 0 Å². The summed E-state index contributed by atoms with van der Waals surface area (Å²) in [4.78, 5) is 24.1. The monoisotopic (exact) mass is 360 g/mol. The van der Waals surface area contributed by atoms with Crippen molar-refractivity contribution >= 4 is 35.5 Å². The molecule has 0 bridgehead atoms. The minimum Gasteiger partial charge on any atom is -0.447 e. The van der Waals surface area contributed by atoms with Gasteiger partial charge in [0.25, 0.3) is 0 Å². The van der Waals surface area contributed by atoms with Crippen LogP contribution < -0.4 is 0 Å². The Morgan fingerprint density at radius 2 is 1.08 bits per heavy atom. The lowest BCUT2D eigenvalue weighted by Gasteiger charge is -2.27. The molecule has 0 aromatic heterocycles. The summed E-state index contributed by atoms with van der Waals surface area (Å²) >= 11 is 2.98. The Morgan fingerprint density at radius 1 is 0.708 bits per heavy atom. The topological polar surface area (TPSA) is 52.6 Å². The molecule has 24 heavy (non-hydrogen) atoms. The lowest BCUT2D eigenvalue weighted by molar-refractivity contribution is 0.0444. The number of ether oxygens (including phenoxy) is 2. The van der Waals surface area contributed by atoms with Crippen LogP contribution in [-0.4, -0.2) is 34.3 Å². The van der Waals surface area contributed by atoms with E-state index in [9.17, 15) is 9.59 Å². The highest BCUT2D eigenvalue weighted by Crippen LogP contribution is 2.32. The van der Waals surface area contributed by atoms with Crippen LogP contribution in [0, 0.1) is 0 Å². The van der Waals surface area contributed by atoms with Gasteiger partial charge in [0, 0.05) is 11.5 Å². The van der Waals surface area contributed by atoms with Crippen LogP contribution in [-0.2, 0) is 9.47 Å². The van der Waals surface area contributed by atoms with E-state index in [0.717, 1.165) is 0 Å². The summed E-state index contributed by atoms with van der Waals surface area (Å²) in [6.45, 7) is 0. The van der Waals surface area contributed by atoms with Crippen molar-refractivity contribution < 1.29 is 19.1 Å². The molecule has 124 valence electrons. The summed E-state index contributed by atoms with van der Waals surface area (Å²) in [5.41, 5.74) is 0.630. The third kappa shape index (κ3) is 4.55. The summed E-state index contributed by atoms with van der Waals surface area (Å²) in [5, 5.41) is 0. The third-order valence-electron chi connectivity index (χ3n) is 3.33. The molecule has 0 aliphatic carbocycles. The van der Waals surface area contributed by atoms with E-state index in [2.05, 4.69) is 0 Å². The molecule has 0 saturated carbocycles. The van der Waals surface area contributed by atoms with Crippen LogP contribution >= 0.6 is 23.5 Å². The maximum absolute atomic E-state index is 12.0. The molecule has 0 N–H and O–H groups in total. The third-order valence-corrected chi connectivity index (χ3v) is 6.01. The quantitative estimate of drug-likeness (QED) is 0.773. The Kier molecular flexibility index (Phi) is 5.82. The molecule has 1 aliphatic rings. The minimum absolute atomic E-state index is 0.227. The van der Waals surface area contributed by atoms with Gasteiger partial charge in [0.05, 0.1) is 11.1 Å². The Morgan fingerprint density at radius 3 is 1.42 bits per heavy atom. The van der Waals surface area contributed by atoms with Gasteiger partial charge in [0.2, 0.25) is 0 Å². The van der Waals surface area contributed by atoms with Crippen LogP contribution in [0.3, 0.4) is 0 Å². The van der Waals surface area contributed by atoms with Gasteiger partial charge in [-0.2, -0.15) is 0 Å². The van der Waals surface area contributed by atoms with Crippen LogP contribution in [0.4, 0.5) is 0 Å². The van der Waals surface area contributed by atoms with Gasteiger partial charge < -0.3 is 9.47 Å². The SMILES string of the molecule is O=C(OC1CSC(OC(=O)c2ccccc2)CS1)c1ccccc1. The molecule has 1 fully saturated rings. The van der Waals surface area contributed by atoms with E-state index in [1.165, 1.54) is 23.5 Å². The van der Waals surface area contributed by atoms with E-state index in [-0.39, 0.29) is 22.8 Å². The van der Waals surface area contributed by atoms with Crippen LogP contribution in [0.25, 0.3) is 0 Å². The molecule has 2 unspecified atom stereocenters. The highest BCUT2D eigenvalue weighted by atomic mass is 32.2. The van der Waals surface area contributed by atoms with E-state index in [0.29, 0.717) is 22.6 Å². The molecule has 4 nitrogen and oxygen atoms in total. The molecule has 6 heteroatoms. The summed E-state index contributed by atoms with van der Waals surface area (Å²) < 4.78 is 11.0. The van der Waals surface area contributed by atoms with E-state index in [1.54, 1.807) is 48.5 Å². The van der Waals surface area contributed by atoms with Gasteiger partial charge in [-0.1, -0.05) is 36.4 Å². The lowest BCUT2D eigenvalue weighted by atomic mass is 10.2. The predicted octanol–water partition coefficient (Wildman–Crippen LogP) is 3.83. The number of benzene rings is 2. The van der Waals surface area contributed by atoms with Gasteiger partial charge in [0.1, 0.15) is 0 Å². The first-order chi connectivity index (χ1) is 11.7. The van der Waals surface area contributed by atoms with E-state index < -0.39 is 0 Å². The largest absolute Gasteiger partial charge is 0.447 e. The minimum atomic E-state index is -0.326. The van der Waals surface area contributed by atoms with Gasteiger partial charge in [-0.15, -0.1) is 23.5 Å². The fourth-order valence-corrected chi connectivity index (χ4v) is 4.56. The van der Waals surface area contributed by atoms with Crippen molar-refractivity contribution in [1.82, 2.24) is 0 Å². The standard InChI is InChI=1S/C18H16O4S2/c19-17(13-7-3-1-4-8-13)21-15-11-24-16(12-23-15)22-18(20)14-9-5-2-6-10-14/h1-10,15-16H,11-12H2. The smallest absolute Gasteiger partial charge is 0.339 e. The highest BCUT2D eigenvalue weighted by Gasteiger charge is 2.28. The molecule has 2 aromatic rings. The van der Waals surface area contributed by atoms with Crippen LogP contribution in [0.15, 0.2) is 60.7 Å². The number of hydrogen-bond donors (Lipinski definition) is 0. The zero-order chi connectivity index (χ0) is 16.8. The van der Waals surface area contributed by atoms with E-state index in [4.69, 9.17) is 9.47 Å². The second-order valence-corrected chi connectivity index (χ2v) is 7.45. The maximum atomic E-state index is 12.0. The lowest BCUT2D eigenvalue weighted by Crippen LogP contribution is -2.29. The second-order valence-electron chi connectivity index (χ2n) is 5.07. The number of carbonyl (C=O) groups is 2. The zero-order valence-corrected chi connectivity index (χ0v) is 14.4. The average molecular weight is 360 g/mol. The van der Waals surface area contributed by atoms with Crippen molar-refractivity contribution in [3.05, 3.63) is 71.8 Å². The molecule has 0 spiro atoms. The number of carbonyl (C=O) groups excluding carboxylic acids is 2. The van der Waals surface area contributed by atoms with Crippen molar-refractivity contribution in [2.24, 2.45) is 0 Å². The summed E-state index contributed by atoms with van der Waals surface area (Å²) in [7, 11) is 0. The van der Waals surface area contributed by atoms with Gasteiger partial charge >= 0.3 is 11.9 Å². The Labute approximate surface area is 148 Å². The molecular formula is C18H16O4S2. The van der Waals surface area contributed by atoms with Crippen molar-refractivity contribution in [3.63, 3.8) is 0 Å². The number of hydrogen-bond acceptors (Lipinski definition) is 6. The zero-order valence-electron chi connectivity index (χ0n) is 12.8. The first kappa shape index (κ1) is 16.9. The molecule has 1 saturated heterocycles. The molecule has 2 atom stereocenters. The number of thioether (sulfide) groups is 2. The molecular weight excluding hydrogens is 344 g/mol. The summed E-state index contributed by atoms with van der Waals surface area (Å²) in [6.07, 6.45) is 0. The molecule has 0 amide bonds. The molecule has 1 heterocycles. The van der Waals surface area contributed by atoms with Crippen molar-refractivity contribution in [3.8, 4) is 0 Å². The van der Waals surface area contributed by atoms with Gasteiger partial charge in [-0.05, 0) is 24.3 Å². The normalized spacial score (nSPS) is 20.2. The van der Waals surface area contributed by atoms with Gasteiger partial charge in [-0.3, -0.25) is 0 Å². The number of rotatable bonds is 4. The number of esters is 2. The Bertz CT molecular complexity index is 621. The second kappa shape index (κ2) is 8.26. The van der Waals surface area contributed by atoms with E-state index in [1.807, 2.05) is 12.1 Å². The fraction of sp³-hybridized carbons (Fsp3) is 0.222. The molecule has 2 aromatic carbocycles. The summed E-state index contributed by atoms with van der Waals surface area (Å²) in [6, 6.07) is 17.8. The highest BCUT2D eigenvalue weighted by molar-refractivity contribution is 8.06. The Balaban J connectivity index is 1.46. The van der Waals surface area contributed by atoms with Gasteiger partial charge in [0.15, 0.2) is 10.9 Å². The van der Waals surface area contributed by atoms with E-state index >= 15 is 0 Å². The molecule has 3 rings (SSSR count). The summed E-state index contributed by atoms with van der Waals surface area (Å²) in [5.74, 6) is 0.535. The van der Waals surface area contributed by atoms with Crippen molar-refractivity contribution in [1.29, 1.82) is 0 Å². The van der Waals surface area contributed by atoms with Crippen LogP contribution in [0.1, 0.15) is 20.7 Å². The molecule has 1 aliphatic heterocycles. The predicted molar refractivity (Wildman–Crippen MR) is 96.2 cm³/mol. The fourth-order valence-electron chi connectivity index (χ4n) is 2.13. The van der Waals surface area contributed by atoms with Gasteiger partial charge in [-0.25, -0.2) is 9.59 Å². The molecule has 0 radical (unpaired) electrons. The maximum Gasteiger partial charge on any atom is 0.339 e. The average Bonchev–Trinajstić information content (AvgIpc) is 2.65. The van der Waals surface area contributed by atoms with Crippen LogP contribution in [0.2, 0.25) is 0 Å². The van der Waals surface area contributed by atoms with Crippen molar-refractivity contribution in [2.45, 2.75) is 10.9 Å².